The fourth-order valence-electron chi connectivity index (χ4n) is 4.77. The lowest BCUT2D eigenvalue weighted by Gasteiger charge is -2.30. The molecule has 0 radical (unpaired) electrons. The molecule has 0 saturated heterocycles. The molecule has 2 heterocycles. The minimum atomic E-state index is -4.63. The van der Waals surface area contributed by atoms with Crippen LogP contribution in [0.1, 0.15) is 49.8 Å². The molecule has 0 atom stereocenters. The summed E-state index contributed by atoms with van der Waals surface area (Å²) < 4.78 is 75.0. The van der Waals surface area contributed by atoms with Crippen LogP contribution in [0.15, 0.2) is 60.8 Å². The van der Waals surface area contributed by atoms with Gasteiger partial charge in [0.25, 0.3) is 0 Å². The van der Waals surface area contributed by atoms with Gasteiger partial charge in [-0.2, -0.15) is 18.4 Å². The molecule has 1 aliphatic rings. The summed E-state index contributed by atoms with van der Waals surface area (Å²) in [6.45, 7) is 1.78. The van der Waals surface area contributed by atoms with E-state index < -0.39 is 27.6 Å². The number of sulfonamides is 1. The van der Waals surface area contributed by atoms with Gasteiger partial charge in [0.15, 0.2) is 0 Å². The van der Waals surface area contributed by atoms with Crippen LogP contribution in [0, 0.1) is 11.3 Å². The Morgan fingerprint density at radius 1 is 1.15 bits per heavy atom. The first kappa shape index (κ1) is 26.6. The van der Waals surface area contributed by atoms with Gasteiger partial charge in [-0.05, 0) is 67.6 Å². The minimum absolute atomic E-state index is 0.0105. The quantitative estimate of drug-likeness (QED) is 0.247. The van der Waals surface area contributed by atoms with E-state index in [0.717, 1.165) is 30.9 Å². The number of fused-ring (bicyclic) bond motifs is 1. The highest BCUT2D eigenvalue weighted by Gasteiger charge is 2.35. The molecule has 5 rings (SSSR count). The summed E-state index contributed by atoms with van der Waals surface area (Å²) in [6.07, 6.45) is -0.108. The van der Waals surface area contributed by atoms with Crippen molar-refractivity contribution < 1.29 is 26.3 Å². The van der Waals surface area contributed by atoms with Crippen molar-refractivity contribution in [2.75, 3.05) is 10.5 Å². The lowest BCUT2D eigenvalue weighted by molar-refractivity contribution is -0.138. The molecule has 0 spiro atoms. The van der Waals surface area contributed by atoms with Crippen molar-refractivity contribution in [3.63, 3.8) is 0 Å². The first-order valence-corrected chi connectivity index (χ1v) is 14.2. The second kappa shape index (κ2) is 10.3. The summed E-state index contributed by atoms with van der Waals surface area (Å²) >= 11 is 0. The Kier molecular flexibility index (Phi) is 6.99. The lowest BCUT2D eigenvalue weighted by Crippen LogP contribution is -2.18. The van der Waals surface area contributed by atoms with E-state index >= 15 is 0 Å². The molecule has 7 nitrogen and oxygen atoms in total. The first-order chi connectivity index (χ1) is 18.6. The SMILES string of the molecule is CCCS(=O)(=O)Nc1ccc(-c2c(C#N)c3ccc(Oc4ncccc4C(F)(F)F)cc3n2C2CCC2)cc1. The molecular weight excluding hydrogens is 529 g/mol. The standard InChI is InChI=1S/C28H25F3N4O3S/c1-2-15-39(36,37)34-19-10-8-18(9-11-19)26-23(17-32)22-13-12-21(16-25(22)35(26)20-5-3-6-20)38-27-24(28(29,30)31)7-4-14-33-27/h4,7-14,16,20,34H,2-3,5-6,15H2,1H3. The van der Waals surface area contributed by atoms with Gasteiger partial charge in [-0.15, -0.1) is 0 Å². The van der Waals surface area contributed by atoms with Crippen LogP contribution in [0.4, 0.5) is 18.9 Å². The summed E-state index contributed by atoms with van der Waals surface area (Å²) in [7, 11) is -3.45. The predicted octanol–water partition coefficient (Wildman–Crippen LogP) is 7.26. The van der Waals surface area contributed by atoms with Crippen molar-refractivity contribution in [2.24, 2.45) is 0 Å². The first-order valence-electron chi connectivity index (χ1n) is 12.5. The predicted molar refractivity (Wildman–Crippen MR) is 142 cm³/mol. The number of alkyl halides is 3. The van der Waals surface area contributed by atoms with Crippen LogP contribution in [-0.4, -0.2) is 23.7 Å². The van der Waals surface area contributed by atoms with Gasteiger partial charge in [-0.25, -0.2) is 13.4 Å². The van der Waals surface area contributed by atoms with E-state index in [9.17, 15) is 26.9 Å². The number of hydrogen-bond acceptors (Lipinski definition) is 5. The maximum atomic E-state index is 13.5. The number of anilines is 1. The minimum Gasteiger partial charge on any atom is -0.438 e. The number of pyridine rings is 1. The van der Waals surface area contributed by atoms with Gasteiger partial charge in [-0.1, -0.05) is 19.1 Å². The Labute approximate surface area is 223 Å². The number of hydrogen-bond donors (Lipinski definition) is 1. The van der Waals surface area contributed by atoms with E-state index in [1.54, 1.807) is 43.3 Å². The average molecular weight is 555 g/mol. The van der Waals surface area contributed by atoms with E-state index in [0.29, 0.717) is 34.3 Å². The molecule has 0 bridgehead atoms. The normalized spacial score (nSPS) is 14.1. The van der Waals surface area contributed by atoms with Crippen molar-refractivity contribution >= 4 is 26.6 Å². The molecule has 11 heteroatoms. The van der Waals surface area contributed by atoms with E-state index in [1.165, 1.54) is 18.3 Å². The number of nitriles is 1. The van der Waals surface area contributed by atoms with E-state index in [1.807, 2.05) is 4.57 Å². The summed E-state index contributed by atoms with van der Waals surface area (Å²) in [5.74, 6) is -0.370. The zero-order valence-electron chi connectivity index (χ0n) is 21.0. The third-order valence-corrected chi connectivity index (χ3v) is 8.22. The Morgan fingerprint density at radius 2 is 1.90 bits per heavy atom. The molecule has 2 aromatic carbocycles. The fourth-order valence-corrected chi connectivity index (χ4v) is 5.90. The number of nitrogens with one attached hydrogen (secondary N) is 1. The van der Waals surface area contributed by atoms with Crippen LogP contribution >= 0.6 is 0 Å². The van der Waals surface area contributed by atoms with Crippen molar-refractivity contribution in [3.05, 3.63) is 71.9 Å². The summed E-state index contributed by atoms with van der Waals surface area (Å²) in [5, 5.41) is 10.8. The summed E-state index contributed by atoms with van der Waals surface area (Å²) in [6, 6.07) is 16.2. The van der Waals surface area contributed by atoms with Crippen LogP contribution in [0.25, 0.3) is 22.2 Å². The highest BCUT2D eigenvalue weighted by molar-refractivity contribution is 7.92. The summed E-state index contributed by atoms with van der Waals surface area (Å²) in [4.78, 5) is 3.79. The van der Waals surface area contributed by atoms with Gasteiger partial charge in [0.2, 0.25) is 15.9 Å². The van der Waals surface area contributed by atoms with E-state index in [-0.39, 0.29) is 17.5 Å². The van der Waals surface area contributed by atoms with E-state index in [2.05, 4.69) is 15.8 Å². The number of benzene rings is 2. The number of halogens is 3. The van der Waals surface area contributed by atoms with Crippen molar-refractivity contribution in [1.82, 2.24) is 9.55 Å². The Bertz CT molecular complexity index is 1670. The molecule has 0 aliphatic heterocycles. The lowest BCUT2D eigenvalue weighted by atomic mass is 9.92. The topological polar surface area (TPSA) is 97.0 Å². The monoisotopic (exact) mass is 554 g/mol. The number of nitrogens with zero attached hydrogens (tertiary/aromatic N) is 3. The van der Waals surface area contributed by atoms with Gasteiger partial charge < -0.3 is 9.30 Å². The highest BCUT2D eigenvalue weighted by Crippen LogP contribution is 2.44. The number of ether oxygens (including phenoxy) is 1. The Balaban J connectivity index is 1.59. The molecule has 202 valence electrons. The zero-order chi connectivity index (χ0) is 27.8. The van der Waals surface area contributed by atoms with Crippen molar-refractivity contribution in [1.29, 1.82) is 5.26 Å². The smallest absolute Gasteiger partial charge is 0.421 e. The molecule has 1 N–H and O–H groups in total. The molecule has 0 amide bonds. The van der Waals surface area contributed by atoms with Gasteiger partial charge in [-0.3, -0.25) is 4.72 Å². The van der Waals surface area contributed by atoms with Crippen LogP contribution < -0.4 is 9.46 Å². The highest BCUT2D eigenvalue weighted by atomic mass is 32.2. The Morgan fingerprint density at radius 3 is 2.51 bits per heavy atom. The Hall–Kier alpha value is -4.04. The number of aromatic nitrogens is 2. The summed E-state index contributed by atoms with van der Waals surface area (Å²) in [5.41, 5.74) is 1.93. The molecule has 1 fully saturated rings. The third kappa shape index (κ3) is 5.29. The largest absolute Gasteiger partial charge is 0.438 e. The second-order valence-corrected chi connectivity index (χ2v) is 11.3. The second-order valence-electron chi connectivity index (χ2n) is 9.42. The molecule has 1 saturated carbocycles. The van der Waals surface area contributed by atoms with Crippen molar-refractivity contribution in [2.45, 2.75) is 44.8 Å². The van der Waals surface area contributed by atoms with Crippen LogP contribution in [0.3, 0.4) is 0 Å². The fraction of sp³-hybridized carbons (Fsp3) is 0.286. The van der Waals surface area contributed by atoms with Gasteiger partial charge >= 0.3 is 6.18 Å². The molecule has 2 aromatic heterocycles. The zero-order valence-corrected chi connectivity index (χ0v) is 21.8. The van der Waals surface area contributed by atoms with Crippen molar-refractivity contribution in [3.8, 4) is 29.0 Å². The van der Waals surface area contributed by atoms with Crippen LogP contribution in [-0.2, 0) is 16.2 Å². The van der Waals surface area contributed by atoms with Gasteiger partial charge in [0.05, 0.1) is 22.5 Å². The van der Waals surface area contributed by atoms with Gasteiger partial charge in [0, 0.05) is 29.4 Å². The molecule has 39 heavy (non-hydrogen) atoms. The van der Waals surface area contributed by atoms with E-state index in [4.69, 9.17) is 4.74 Å². The van der Waals surface area contributed by atoms with Crippen LogP contribution in [0.5, 0.6) is 11.6 Å². The maximum absolute atomic E-state index is 13.5. The molecular formula is C28H25F3N4O3S. The average Bonchev–Trinajstić information content (AvgIpc) is 3.16. The van der Waals surface area contributed by atoms with Gasteiger partial charge in [0.1, 0.15) is 17.4 Å². The van der Waals surface area contributed by atoms with Crippen LogP contribution in [0.2, 0.25) is 0 Å². The third-order valence-electron chi connectivity index (χ3n) is 6.72. The molecule has 1 aliphatic carbocycles. The molecule has 4 aromatic rings. The number of rotatable bonds is 8. The molecule has 0 unspecified atom stereocenters. The maximum Gasteiger partial charge on any atom is 0.421 e.